The Kier molecular flexibility index (Phi) is 25.0. The van der Waals surface area contributed by atoms with E-state index in [1.807, 2.05) is 0 Å². The molecule has 0 saturated heterocycles. The van der Waals surface area contributed by atoms with Gasteiger partial charge < -0.3 is 0 Å². The summed E-state index contributed by atoms with van der Waals surface area (Å²) in [5.41, 5.74) is 0. The third-order valence-corrected chi connectivity index (χ3v) is 0. The molecule has 0 aliphatic carbocycles. The Hall–Kier alpha value is 1.28. The molecule has 0 unspecified atom stereocenters. The molecule has 0 aliphatic heterocycles. The maximum Gasteiger partial charge on any atom is 0 e. The molecule has 2 N–H and O–H groups in total. The number of hydrogen-bond donors (Lipinski definition) is 2. The Morgan fingerprint density at radius 1 is 1.33 bits per heavy atom. The van der Waals surface area contributed by atoms with Crippen LogP contribution in [0.5, 0.6) is 0 Å². The van der Waals surface area contributed by atoms with Crippen LogP contribution in [-0.4, -0.2) is 39.9 Å². The van der Waals surface area contributed by atoms with Crippen LogP contribution in [0.25, 0.3) is 0 Å². The van der Waals surface area contributed by atoms with Crippen LogP contribution < -0.4 is 0 Å². The van der Waals surface area contributed by atoms with E-state index in [0.29, 0.717) is 0 Å². The Balaban J connectivity index is -0.0000000450. The minimum atomic E-state index is -3.29. The Morgan fingerprint density at radius 2 is 1.33 bits per heavy atom. The van der Waals surface area contributed by atoms with Crippen molar-refractivity contribution < 1.29 is 29.3 Å². The average molecular weight is 264 g/mol. The van der Waals surface area contributed by atoms with Gasteiger partial charge in [-0.2, -0.15) is 0 Å². The van der Waals surface area contributed by atoms with Gasteiger partial charge in [0.25, 0.3) is 0 Å². The van der Waals surface area contributed by atoms with Crippen molar-refractivity contribution in [2.24, 2.45) is 0 Å². The fourth-order valence-corrected chi connectivity index (χ4v) is 0. The summed E-state index contributed by atoms with van der Waals surface area (Å²) < 4.78 is 23.1. The van der Waals surface area contributed by atoms with Gasteiger partial charge in [-0.15, -0.1) is 0 Å². The van der Waals surface area contributed by atoms with Crippen LogP contribution in [0.15, 0.2) is 0 Å². The summed E-state index contributed by atoms with van der Waals surface area (Å²) in [6.07, 6.45) is 0. The minimum Gasteiger partial charge on any atom is 0 e. The van der Waals surface area contributed by atoms with Crippen molar-refractivity contribution in [3.8, 4) is 0 Å². The van der Waals surface area contributed by atoms with Crippen molar-refractivity contribution in [1.82, 2.24) is 0 Å². The summed E-state index contributed by atoms with van der Waals surface area (Å²) in [7, 11) is 0. The van der Waals surface area contributed by atoms with Crippen molar-refractivity contribution in [3.05, 3.63) is 0 Å². The van der Waals surface area contributed by atoms with Gasteiger partial charge in [0, 0.05) is 34.1 Å². The molecule has 0 aromatic carbocycles. The Morgan fingerprint density at radius 3 is 1.33 bits per heavy atom. The molecule has 0 heterocycles. The molecule has 0 atom stereocenters. The van der Waals surface area contributed by atoms with Crippen molar-refractivity contribution in [1.29, 1.82) is 0 Å². The molecule has 0 bridgehead atoms. The van der Waals surface area contributed by atoms with E-state index in [-0.39, 0.29) is 34.1 Å². The quantitative estimate of drug-likeness (QED) is 0.498. The standard InChI is InChI=1S/Fe.H2O3Se.Se/c;1-4(2)3;/h;(H2,1,2,3);. The van der Waals surface area contributed by atoms with Crippen LogP contribution in [0.2, 0.25) is 0 Å². The van der Waals surface area contributed by atoms with Gasteiger partial charge >= 0.3 is 26.7 Å². The molecule has 0 amide bonds. The summed E-state index contributed by atoms with van der Waals surface area (Å²) >= 11 is -3.29. The fraction of sp³-hybridized carbons (Fsp3) is 0. The molecule has 0 aromatic heterocycles. The van der Waals surface area contributed by atoms with Crippen LogP contribution in [0.1, 0.15) is 0 Å². The molecule has 0 rings (SSSR count). The molecule has 6 heteroatoms. The first-order valence-corrected chi connectivity index (χ1v) is 2.76. The average Bonchev–Trinajstić information content (AvgIpc) is 0.811. The van der Waals surface area contributed by atoms with Gasteiger partial charge in [0.15, 0.2) is 0 Å². The van der Waals surface area contributed by atoms with Crippen LogP contribution in [0.3, 0.4) is 0 Å². The van der Waals surface area contributed by atoms with E-state index in [2.05, 4.69) is 0 Å². The van der Waals surface area contributed by atoms with E-state index in [9.17, 15) is 0 Å². The van der Waals surface area contributed by atoms with E-state index in [1.165, 1.54) is 0 Å². The van der Waals surface area contributed by atoms with Gasteiger partial charge in [0.1, 0.15) is 0 Å². The van der Waals surface area contributed by atoms with Crippen molar-refractivity contribution in [2.75, 3.05) is 0 Å². The molecule has 3 nitrogen and oxygen atoms in total. The molecule has 6 heavy (non-hydrogen) atoms. The normalized spacial score (nSPS) is 5.83. The van der Waals surface area contributed by atoms with E-state index in [1.54, 1.807) is 0 Å². The number of hydrogen-bond acceptors (Lipinski definition) is 1. The number of rotatable bonds is 0. The molecule has 0 spiro atoms. The van der Waals surface area contributed by atoms with E-state index < -0.39 is 14.5 Å². The Bertz CT molecular complexity index is 31.8. The molecule has 40 valence electrons. The van der Waals surface area contributed by atoms with E-state index >= 15 is 0 Å². The van der Waals surface area contributed by atoms with Crippen molar-refractivity contribution >= 4 is 31.6 Å². The van der Waals surface area contributed by atoms with Crippen LogP contribution in [0.4, 0.5) is 0 Å². The zero-order chi connectivity index (χ0) is 3.58. The van der Waals surface area contributed by atoms with Gasteiger partial charge in [-0.3, -0.25) is 0 Å². The summed E-state index contributed by atoms with van der Waals surface area (Å²) in [4.78, 5) is 0. The first-order valence-electron chi connectivity index (χ1n) is 0.532. The first-order chi connectivity index (χ1) is 1.73. The second-order valence-electron chi connectivity index (χ2n) is 0.231. The SMILES string of the molecule is O=[Se](O)O.[Fe].[Se]. The largest absolute Gasteiger partial charge is 0 e. The van der Waals surface area contributed by atoms with Gasteiger partial charge in [-0.05, 0) is 0 Å². The second kappa shape index (κ2) is 9.56. The molecule has 0 fully saturated rings. The monoisotopic (exact) mass is 266 g/mol. The fourth-order valence-electron chi connectivity index (χ4n) is 0. The van der Waals surface area contributed by atoms with E-state index in [4.69, 9.17) is 12.2 Å². The maximum absolute atomic E-state index is 8.76. The molecular weight excluding hydrogens is 262 g/mol. The smallest absolute Gasteiger partial charge is 0 e. The van der Waals surface area contributed by atoms with Crippen LogP contribution in [-0.2, 0) is 20.9 Å². The van der Waals surface area contributed by atoms with Crippen LogP contribution >= 0.6 is 0 Å². The molecule has 0 saturated carbocycles. The van der Waals surface area contributed by atoms with Gasteiger partial charge in [-0.1, -0.05) is 0 Å². The predicted molar refractivity (Wildman–Crippen MR) is 16.6 cm³/mol. The third kappa shape index (κ3) is 59.1. The van der Waals surface area contributed by atoms with E-state index in [0.717, 1.165) is 0 Å². The van der Waals surface area contributed by atoms with Crippen molar-refractivity contribution in [3.63, 3.8) is 0 Å². The maximum atomic E-state index is 8.76. The molecular formula is H2FeO3Se2. The minimum absolute atomic E-state index is 0. The zero-order valence-electron chi connectivity index (χ0n) is 2.47. The zero-order valence-corrected chi connectivity index (χ0v) is 7.00. The molecule has 0 aliphatic rings. The van der Waals surface area contributed by atoms with Gasteiger partial charge in [0.05, 0.1) is 0 Å². The third-order valence-electron chi connectivity index (χ3n) is 0. The summed E-state index contributed by atoms with van der Waals surface area (Å²) in [6, 6.07) is 0. The van der Waals surface area contributed by atoms with Crippen molar-refractivity contribution in [2.45, 2.75) is 0 Å². The molecule has 0 aromatic rings. The summed E-state index contributed by atoms with van der Waals surface area (Å²) in [5.74, 6) is 0. The predicted octanol–water partition coefficient (Wildman–Crippen LogP) is -2.00. The second-order valence-corrected chi connectivity index (χ2v) is 1.20. The van der Waals surface area contributed by atoms with Crippen LogP contribution in [0, 0.1) is 0 Å². The summed E-state index contributed by atoms with van der Waals surface area (Å²) in [6.45, 7) is 0. The topological polar surface area (TPSA) is 57.5 Å². The van der Waals surface area contributed by atoms with Gasteiger partial charge in [-0.25, -0.2) is 0 Å². The first kappa shape index (κ1) is 15.7. The molecule has 2 radical (unpaired) electrons. The summed E-state index contributed by atoms with van der Waals surface area (Å²) in [5, 5.41) is 0. The Labute approximate surface area is 60.8 Å². The van der Waals surface area contributed by atoms with Gasteiger partial charge in [0.2, 0.25) is 0 Å².